The van der Waals surface area contributed by atoms with Crippen LogP contribution in [0.5, 0.6) is 5.75 Å². The van der Waals surface area contributed by atoms with Crippen molar-refractivity contribution in [3.63, 3.8) is 0 Å². The van der Waals surface area contributed by atoms with E-state index >= 15 is 0 Å². The molecule has 1 aromatic carbocycles. The molecule has 12 heavy (non-hydrogen) atoms. The molecule has 0 spiro atoms. The van der Waals surface area contributed by atoms with Crippen LogP contribution in [0.2, 0.25) is 0 Å². The molecule has 1 aromatic rings. The van der Waals surface area contributed by atoms with Gasteiger partial charge in [0, 0.05) is 5.69 Å². The maximum atomic E-state index is 5.66. The molecule has 0 bridgehead atoms. The van der Waals surface area contributed by atoms with Crippen molar-refractivity contribution in [2.45, 2.75) is 25.9 Å². The summed E-state index contributed by atoms with van der Waals surface area (Å²) in [6, 6.07) is 5.77. The van der Waals surface area contributed by atoms with E-state index in [1.54, 1.807) is 0 Å². The molecule has 2 rings (SSSR count). The first kappa shape index (κ1) is 7.47. The van der Waals surface area contributed by atoms with Crippen molar-refractivity contribution in [3.05, 3.63) is 23.8 Å². The lowest BCUT2D eigenvalue weighted by Crippen LogP contribution is -1.98. The summed E-state index contributed by atoms with van der Waals surface area (Å²) in [6.45, 7) is 2.02. The molecule has 0 heterocycles. The third kappa shape index (κ3) is 1.52. The average molecular weight is 163 g/mol. The number of benzene rings is 1. The van der Waals surface area contributed by atoms with Gasteiger partial charge in [-0.15, -0.1) is 0 Å². The van der Waals surface area contributed by atoms with Crippen LogP contribution in [0, 0.1) is 6.92 Å². The van der Waals surface area contributed by atoms with E-state index < -0.39 is 0 Å². The van der Waals surface area contributed by atoms with Crippen LogP contribution in [0.4, 0.5) is 5.69 Å². The van der Waals surface area contributed by atoms with Crippen molar-refractivity contribution in [1.29, 1.82) is 0 Å². The lowest BCUT2D eigenvalue weighted by Gasteiger charge is -2.07. The van der Waals surface area contributed by atoms with Gasteiger partial charge in [0.2, 0.25) is 0 Å². The average Bonchev–Trinajstić information content (AvgIpc) is 2.79. The highest BCUT2D eigenvalue weighted by atomic mass is 16.5. The van der Waals surface area contributed by atoms with Gasteiger partial charge >= 0.3 is 0 Å². The Hall–Kier alpha value is -1.18. The fourth-order valence-electron chi connectivity index (χ4n) is 1.17. The molecule has 2 N–H and O–H groups in total. The van der Waals surface area contributed by atoms with Gasteiger partial charge in [-0.25, -0.2) is 0 Å². The molecule has 0 radical (unpaired) electrons. The molecule has 64 valence electrons. The first-order valence-corrected chi connectivity index (χ1v) is 4.28. The van der Waals surface area contributed by atoms with Crippen LogP contribution < -0.4 is 10.5 Å². The van der Waals surface area contributed by atoms with E-state index in [0.717, 1.165) is 17.0 Å². The van der Waals surface area contributed by atoms with E-state index in [0.29, 0.717) is 6.10 Å². The van der Waals surface area contributed by atoms with Gasteiger partial charge in [0.05, 0.1) is 6.10 Å². The summed E-state index contributed by atoms with van der Waals surface area (Å²) in [5.41, 5.74) is 7.55. The molecular weight excluding hydrogens is 150 g/mol. The predicted molar refractivity (Wildman–Crippen MR) is 49.2 cm³/mol. The van der Waals surface area contributed by atoms with Gasteiger partial charge in [-0.05, 0) is 43.5 Å². The molecule has 0 amide bonds. The standard InChI is InChI=1S/C10H13NO/c1-7-6-8(11)2-5-10(7)12-9-3-4-9/h2,5-6,9H,3-4,11H2,1H3. The second-order valence-electron chi connectivity index (χ2n) is 3.34. The van der Waals surface area contributed by atoms with Crippen molar-refractivity contribution in [1.82, 2.24) is 0 Å². The molecule has 0 atom stereocenters. The molecule has 0 saturated heterocycles. The van der Waals surface area contributed by atoms with E-state index in [-0.39, 0.29) is 0 Å². The first-order chi connectivity index (χ1) is 5.75. The highest BCUT2D eigenvalue weighted by Crippen LogP contribution is 2.29. The fourth-order valence-corrected chi connectivity index (χ4v) is 1.17. The molecule has 1 aliphatic carbocycles. The SMILES string of the molecule is Cc1cc(N)ccc1OC1CC1. The van der Waals surface area contributed by atoms with Crippen LogP contribution in [0.1, 0.15) is 18.4 Å². The monoisotopic (exact) mass is 163 g/mol. The molecule has 2 heteroatoms. The number of hydrogen-bond acceptors (Lipinski definition) is 2. The predicted octanol–water partition coefficient (Wildman–Crippen LogP) is 2.12. The quantitative estimate of drug-likeness (QED) is 0.678. The van der Waals surface area contributed by atoms with E-state index in [1.165, 1.54) is 12.8 Å². The molecule has 2 nitrogen and oxygen atoms in total. The Labute approximate surface area is 72.3 Å². The van der Waals surface area contributed by atoms with Gasteiger partial charge in [0.15, 0.2) is 0 Å². The van der Waals surface area contributed by atoms with Crippen LogP contribution in [-0.2, 0) is 0 Å². The fraction of sp³-hybridized carbons (Fsp3) is 0.400. The summed E-state index contributed by atoms with van der Waals surface area (Å²) in [4.78, 5) is 0. The van der Waals surface area contributed by atoms with Gasteiger partial charge in [-0.2, -0.15) is 0 Å². The van der Waals surface area contributed by atoms with Gasteiger partial charge in [0.25, 0.3) is 0 Å². The smallest absolute Gasteiger partial charge is 0.122 e. The second-order valence-corrected chi connectivity index (χ2v) is 3.34. The highest BCUT2D eigenvalue weighted by molar-refractivity contribution is 5.47. The maximum Gasteiger partial charge on any atom is 0.122 e. The van der Waals surface area contributed by atoms with E-state index in [2.05, 4.69) is 0 Å². The Morgan fingerprint density at radius 1 is 1.42 bits per heavy atom. The van der Waals surface area contributed by atoms with Crippen molar-refractivity contribution in [2.75, 3.05) is 5.73 Å². The molecule has 1 fully saturated rings. The molecule has 1 saturated carbocycles. The number of hydrogen-bond donors (Lipinski definition) is 1. The number of nitrogen functional groups attached to an aromatic ring is 1. The van der Waals surface area contributed by atoms with Gasteiger partial charge in [-0.1, -0.05) is 0 Å². The van der Waals surface area contributed by atoms with E-state index in [9.17, 15) is 0 Å². The molecule has 0 aliphatic heterocycles. The summed E-state index contributed by atoms with van der Waals surface area (Å²) >= 11 is 0. The van der Waals surface area contributed by atoms with Crippen LogP contribution in [-0.4, -0.2) is 6.10 Å². The third-order valence-corrected chi connectivity index (χ3v) is 2.02. The largest absolute Gasteiger partial charge is 0.490 e. The topological polar surface area (TPSA) is 35.2 Å². The zero-order valence-electron chi connectivity index (χ0n) is 7.21. The van der Waals surface area contributed by atoms with Crippen LogP contribution in [0.3, 0.4) is 0 Å². The number of nitrogens with two attached hydrogens (primary N) is 1. The summed E-state index contributed by atoms with van der Waals surface area (Å²) in [5.74, 6) is 0.978. The van der Waals surface area contributed by atoms with Gasteiger partial charge in [0.1, 0.15) is 5.75 Å². The summed E-state index contributed by atoms with van der Waals surface area (Å²) < 4.78 is 5.66. The van der Waals surface area contributed by atoms with Gasteiger partial charge in [-0.3, -0.25) is 0 Å². The minimum atomic E-state index is 0.465. The molecular formula is C10H13NO. The number of rotatable bonds is 2. The van der Waals surface area contributed by atoms with E-state index in [4.69, 9.17) is 10.5 Å². The molecule has 0 unspecified atom stereocenters. The lowest BCUT2D eigenvalue weighted by molar-refractivity contribution is 0.301. The Morgan fingerprint density at radius 3 is 2.75 bits per heavy atom. The number of anilines is 1. The highest BCUT2D eigenvalue weighted by Gasteiger charge is 2.23. The number of aryl methyl sites for hydroxylation is 1. The normalized spacial score (nSPS) is 16.1. The Kier molecular flexibility index (Phi) is 1.68. The Bertz CT molecular complexity index is 292. The van der Waals surface area contributed by atoms with Gasteiger partial charge < -0.3 is 10.5 Å². The minimum absolute atomic E-state index is 0.465. The second kappa shape index (κ2) is 2.70. The molecule has 0 aromatic heterocycles. The minimum Gasteiger partial charge on any atom is -0.490 e. The van der Waals surface area contributed by atoms with Crippen LogP contribution in [0.25, 0.3) is 0 Å². The van der Waals surface area contributed by atoms with Crippen molar-refractivity contribution in [2.24, 2.45) is 0 Å². The third-order valence-electron chi connectivity index (χ3n) is 2.02. The number of ether oxygens (including phenoxy) is 1. The van der Waals surface area contributed by atoms with Crippen molar-refractivity contribution >= 4 is 5.69 Å². The zero-order valence-corrected chi connectivity index (χ0v) is 7.21. The molecule has 1 aliphatic rings. The summed E-state index contributed by atoms with van der Waals surface area (Å²) in [6.07, 6.45) is 2.86. The van der Waals surface area contributed by atoms with Crippen molar-refractivity contribution in [3.8, 4) is 5.75 Å². The van der Waals surface area contributed by atoms with Crippen LogP contribution >= 0.6 is 0 Å². The Balaban J connectivity index is 2.18. The first-order valence-electron chi connectivity index (χ1n) is 4.28. The Morgan fingerprint density at radius 2 is 2.17 bits per heavy atom. The van der Waals surface area contributed by atoms with E-state index in [1.807, 2.05) is 25.1 Å². The maximum absolute atomic E-state index is 5.66. The summed E-state index contributed by atoms with van der Waals surface area (Å²) in [5, 5.41) is 0. The zero-order chi connectivity index (χ0) is 8.55. The lowest BCUT2D eigenvalue weighted by atomic mass is 10.2. The van der Waals surface area contributed by atoms with Crippen LogP contribution in [0.15, 0.2) is 18.2 Å². The summed E-state index contributed by atoms with van der Waals surface area (Å²) in [7, 11) is 0. The van der Waals surface area contributed by atoms with Crippen molar-refractivity contribution < 1.29 is 4.74 Å².